The molecule has 0 aliphatic carbocycles. The first-order chi connectivity index (χ1) is 6.83. The summed E-state index contributed by atoms with van der Waals surface area (Å²) >= 11 is 0. The Morgan fingerprint density at radius 1 is 1.27 bits per heavy atom. The van der Waals surface area contributed by atoms with Crippen LogP contribution < -0.4 is 5.32 Å². The fourth-order valence-electron chi connectivity index (χ4n) is 1.17. The van der Waals surface area contributed by atoms with E-state index in [1.807, 2.05) is 20.8 Å². The van der Waals surface area contributed by atoms with E-state index in [1.165, 1.54) is 0 Å². The topological polar surface area (TPSA) is 41.5 Å². The van der Waals surface area contributed by atoms with Crippen molar-refractivity contribution in [3.8, 4) is 0 Å². The van der Waals surface area contributed by atoms with Crippen molar-refractivity contribution in [3.05, 3.63) is 0 Å². The van der Waals surface area contributed by atoms with Gasteiger partial charge in [0.2, 0.25) is 0 Å². The molecule has 0 aliphatic rings. The van der Waals surface area contributed by atoms with Gasteiger partial charge in [-0.2, -0.15) is 0 Å². The van der Waals surface area contributed by atoms with Crippen LogP contribution in [-0.4, -0.2) is 36.5 Å². The van der Waals surface area contributed by atoms with Gasteiger partial charge in [0.1, 0.15) is 0 Å². The summed E-state index contributed by atoms with van der Waals surface area (Å²) in [6.45, 7) is 12.4. The maximum absolute atomic E-state index is 9.96. The summed E-state index contributed by atoms with van der Waals surface area (Å²) in [5.74, 6) is 0.655. The molecule has 0 aromatic heterocycles. The number of nitrogens with one attached hydrogen (secondary N) is 1. The first-order valence-electron chi connectivity index (χ1n) is 5.88. The van der Waals surface area contributed by atoms with Crippen molar-refractivity contribution in [2.45, 2.75) is 52.7 Å². The molecule has 0 saturated carbocycles. The van der Waals surface area contributed by atoms with Crippen LogP contribution >= 0.6 is 0 Å². The lowest BCUT2D eigenvalue weighted by atomic mass is 10.0. The number of hydrogen-bond acceptors (Lipinski definition) is 3. The van der Waals surface area contributed by atoms with Crippen molar-refractivity contribution in [3.63, 3.8) is 0 Å². The first-order valence-corrected chi connectivity index (χ1v) is 5.88. The van der Waals surface area contributed by atoms with Crippen LogP contribution in [0.25, 0.3) is 0 Å². The molecule has 92 valence electrons. The Morgan fingerprint density at radius 2 is 1.87 bits per heavy atom. The third-order valence-corrected chi connectivity index (χ3v) is 2.12. The monoisotopic (exact) mass is 217 g/mol. The molecule has 1 atom stereocenters. The van der Waals surface area contributed by atoms with Gasteiger partial charge < -0.3 is 15.2 Å². The molecule has 0 saturated heterocycles. The molecule has 15 heavy (non-hydrogen) atoms. The van der Waals surface area contributed by atoms with Gasteiger partial charge in [0, 0.05) is 0 Å². The summed E-state index contributed by atoms with van der Waals surface area (Å²) in [4.78, 5) is 0. The van der Waals surface area contributed by atoms with Crippen LogP contribution in [0.1, 0.15) is 41.0 Å². The van der Waals surface area contributed by atoms with E-state index < -0.39 is 5.60 Å². The second kappa shape index (κ2) is 7.20. The zero-order valence-corrected chi connectivity index (χ0v) is 10.8. The SMILES string of the molecule is CC(C)CNCCC(C)(O)COC(C)C. The number of rotatable bonds is 8. The van der Waals surface area contributed by atoms with E-state index in [1.54, 1.807) is 0 Å². The molecule has 0 rings (SSSR count). The lowest BCUT2D eigenvalue weighted by Crippen LogP contribution is -2.36. The highest BCUT2D eigenvalue weighted by molar-refractivity contribution is 4.73. The van der Waals surface area contributed by atoms with Crippen LogP contribution in [0.15, 0.2) is 0 Å². The van der Waals surface area contributed by atoms with E-state index in [4.69, 9.17) is 4.74 Å². The van der Waals surface area contributed by atoms with E-state index in [2.05, 4.69) is 19.2 Å². The molecule has 0 spiro atoms. The minimum Gasteiger partial charge on any atom is -0.388 e. The lowest BCUT2D eigenvalue weighted by Gasteiger charge is -2.24. The second-order valence-corrected chi connectivity index (χ2v) is 5.20. The molecule has 0 aliphatic heterocycles. The van der Waals surface area contributed by atoms with Gasteiger partial charge in [0.05, 0.1) is 18.3 Å². The van der Waals surface area contributed by atoms with E-state index in [9.17, 15) is 5.11 Å². The van der Waals surface area contributed by atoms with Crippen molar-refractivity contribution < 1.29 is 9.84 Å². The Kier molecular flexibility index (Phi) is 7.14. The van der Waals surface area contributed by atoms with Gasteiger partial charge in [-0.1, -0.05) is 13.8 Å². The quantitative estimate of drug-likeness (QED) is 0.609. The van der Waals surface area contributed by atoms with Crippen molar-refractivity contribution in [2.24, 2.45) is 5.92 Å². The summed E-state index contributed by atoms with van der Waals surface area (Å²) in [7, 11) is 0. The number of ether oxygens (including phenoxy) is 1. The smallest absolute Gasteiger partial charge is 0.0864 e. The first kappa shape index (κ1) is 14.9. The highest BCUT2D eigenvalue weighted by Gasteiger charge is 2.20. The van der Waals surface area contributed by atoms with Gasteiger partial charge in [-0.3, -0.25) is 0 Å². The van der Waals surface area contributed by atoms with Crippen LogP contribution in [0.5, 0.6) is 0 Å². The van der Waals surface area contributed by atoms with Gasteiger partial charge in [-0.25, -0.2) is 0 Å². The molecular weight excluding hydrogens is 190 g/mol. The van der Waals surface area contributed by atoms with Gasteiger partial charge >= 0.3 is 0 Å². The standard InChI is InChI=1S/C12H27NO2/c1-10(2)8-13-7-6-12(5,14)9-15-11(3)4/h10-11,13-14H,6-9H2,1-5H3. The fraction of sp³-hybridized carbons (Fsp3) is 1.00. The van der Waals surface area contributed by atoms with Crippen LogP contribution in [0.4, 0.5) is 0 Å². The predicted molar refractivity (Wildman–Crippen MR) is 64.0 cm³/mol. The molecule has 0 heterocycles. The maximum atomic E-state index is 9.96. The Balaban J connectivity index is 3.55. The summed E-state index contributed by atoms with van der Waals surface area (Å²) in [6.07, 6.45) is 0.909. The van der Waals surface area contributed by atoms with E-state index >= 15 is 0 Å². The zero-order chi connectivity index (χ0) is 11.9. The molecule has 0 fully saturated rings. The van der Waals surface area contributed by atoms with Crippen molar-refractivity contribution in [2.75, 3.05) is 19.7 Å². The Bertz CT molecular complexity index is 156. The molecule has 0 radical (unpaired) electrons. The number of hydrogen-bond donors (Lipinski definition) is 2. The maximum Gasteiger partial charge on any atom is 0.0864 e. The van der Waals surface area contributed by atoms with Crippen LogP contribution in [0.2, 0.25) is 0 Å². The largest absolute Gasteiger partial charge is 0.388 e. The van der Waals surface area contributed by atoms with Gasteiger partial charge in [-0.15, -0.1) is 0 Å². The molecule has 3 nitrogen and oxygen atoms in total. The third kappa shape index (κ3) is 10.2. The Hall–Kier alpha value is -0.120. The van der Waals surface area contributed by atoms with E-state index in [0.717, 1.165) is 19.5 Å². The van der Waals surface area contributed by atoms with E-state index in [0.29, 0.717) is 12.5 Å². The highest BCUT2D eigenvalue weighted by atomic mass is 16.5. The van der Waals surface area contributed by atoms with Crippen molar-refractivity contribution >= 4 is 0 Å². The fourth-order valence-corrected chi connectivity index (χ4v) is 1.17. The minimum atomic E-state index is -0.714. The zero-order valence-electron chi connectivity index (χ0n) is 10.8. The molecule has 1 unspecified atom stereocenters. The van der Waals surface area contributed by atoms with Crippen LogP contribution in [-0.2, 0) is 4.74 Å². The highest BCUT2D eigenvalue weighted by Crippen LogP contribution is 2.10. The summed E-state index contributed by atoms with van der Waals surface area (Å²) in [5, 5.41) is 13.3. The second-order valence-electron chi connectivity index (χ2n) is 5.20. The van der Waals surface area contributed by atoms with Crippen LogP contribution in [0.3, 0.4) is 0 Å². The Morgan fingerprint density at radius 3 is 2.33 bits per heavy atom. The summed E-state index contributed by atoms with van der Waals surface area (Å²) < 4.78 is 5.41. The number of aliphatic hydroxyl groups is 1. The van der Waals surface area contributed by atoms with E-state index in [-0.39, 0.29) is 6.10 Å². The van der Waals surface area contributed by atoms with Gasteiger partial charge in [-0.05, 0) is 46.2 Å². The summed E-state index contributed by atoms with van der Waals surface area (Å²) in [6, 6.07) is 0. The Labute approximate surface area is 94.2 Å². The molecule has 0 aromatic carbocycles. The molecule has 0 aromatic rings. The molecule has 0 bridgehead atoms. The predicted octanol–water partition coefficient (Wildman–Crippen LogP) is 1.80. The van der Waals surface area contributed by atoms with Crippen molar-refractivity contribution in [1.82, 2.24) is 5.32 Å². The molecule has 0 amide bonds. The average Bonchev–Trinajstić information content (AvgIpc) is 2.09. The van der Waals surface area contributed by atoms with Crippen molar-refractivity contribution in [1.29, 1.82) is 0 Å². The lowest BCUT2D eigenvalue weighted by molar-refractivity contribution is -0.0573. The summed E-state index contributed by atoms with van der Waals surface area (Å²) in [5.41, 5.74) is -0.714. The molecular formula is C12H27NO2. The average molecular weight is 217 g/mol. The van der Waals surface area contributed by atoms with Gasteiger partial charge in [0.15, 0.2) is 0 Å². The third-order valence-electron chi connectivity index (χ3n) is 2.12. The normalized spacial score (nSPS) is 16.0. The minimum absolute atomic E-state index is 0.181. The molecule has 3 heteroatoms. The van der Waals surface area contributed by atoms with Gasteiger partial charge in [0.25, 0.3) is 0 Å². The van der Waals surface area contributed by atoms with Crippen LogP contribution in [0, 0.1) is 5.92 Å². The molecule has 2 N–H and O–H groups in total.